The second-order valence-electron chi connectivity index (χ2n) is 6.37. The molecule has 5 nitrogen and oxygen atoms in total. The molecule has 1 aliphatic heterocycles. The number of morpholine rings is 1. The van der Waals surface area contributed by atoms with Crippen LogP contribution in [0.3, 0.4) is 0 Å². The van der Waals surface area contributed by atoms with Gasteiger partial charge in [0.25, 0.3) is 0 Å². The lowest BCUT2D eigenvalue weighted by Gasteiger charge is -2.32. The molecule has 0 bridgehead atoms. The highest BCUT2D eigenvalue weighted by molar-refractivity contribution is 5.38. The van der Waals surface area contributed by atoms with Gasteiger partial charge in [-0.15, -0.1) is 0 Å². The first-order valence-electron chi connectivity index (χ1n) is 8.76. The molecule has 134 valence electrons. The molecule has 5 heteroatoms. The maximum Gasteiger partial charge on any atom is 0.164 e. The van der Waals surface area contributed by atoms with Crippen LogP contribution >= 0.6 is 0 Å². The Morgan fingerprint density at radius 1 is 1.00 bits per heavy atom. The van der Waals surface area contributed by atoms with Gasteiger partial charge in [0, 0.05) is 0 Å². The molecule has 0 atom stereocenters. The van der Waals surface area contributed by atoms with Crippen LogP contribution in [0.25, 0.3) is 0 Å². The third-order valence-corrected chi connectivity index (χ3v) is 4.49. The van der Waals surface area contributed by atoms with Gasteiger partial charge < -0.3 is 19.6 Å². The predicted octanol–water partition coefficient (Wildman–Crippen LogP) is 2.05. The Kier molecular flexibility index (Phi) is 6.28. The third kappa shape index (κ3) is 5.46. The first-order valence-corrected chi connectivity index (χ1v) is 8.76. The maximum atomic E-state index is 11.1. The zero-order valence-corrected chi connectivity index (χ0v) is 14.4. The van der Waals surface area contributed by atoms with Gasteiger partial charge in [-0.2, -0.15) is 0 Å². The Morgan fingerprint density at radius 3 is 2.40 bits per heavy atom. The number of benzene rings is 2. The van der Waals surface area contributed by atoms with Crippen molar-refractivity contribution in [3.63, 3.8) is 0 Å². The summed E-state index contributed by atoms with van der Waals surface area (Å²) in [6.07, 6.45) is 2.13. The number of hydrogen-bond donors (Lipinski definition) is 1. The highest BCUT2D eigenvalue weighted by Crippen LogP contribution is 2.25. The summed E-state index contributed by atoms with van der Waals surface area (Å²) < 4.78 is 7.53. The van der Waals surface area contributed by atoms with E-state index < -0.39 is 0 Å². The Bertz CT molecular complexity index is 651. The van der Waals surface area contributed by atoms with Crippen molar-refractivity contribution >= 4 is 0 Å². The minimum Gasteiger partial charge on any atom is -0.534 e. The molecule has 1 fully saturated rings. The van der Waals surface area contributed by atoms with Crippen molar-refractivity contribution in [1.82, 2.24) is 4.90 Å². The summed E-state index contributed by atoms with van der Waals surface area (Å²) in [4.78, 5) is 2.34. The average molecular weight is 343 g/mol. The number of ether oxygens (including phenoxy) is 1. The molecule has 0 unspecified atom stereocenters. The summed E-state index contributed by atoms with van der Waals surface area (Å²) in [6, 6.07) is 15.4. The van der Waals surface area contributed by atoms with Crippen LogP contribution in [0.4, 0.5) is 0 Å². The fourth-order valence-electron chi connectivity index (χ4n) is 2.95. The number of nitrogens with zero attached hydrogens (tertiary/aromatic N) is 1. The minimum absolute atomic E-state index is 0.162. The molecule has 1 saturated heterocycles. The van der Waals surface area contributed by atoms with Gasteiger partial charge in [-0.25, -0.2) is 0 Å². The Hall–Kier alpha value is -2.08. The molecule has 0 aromatic heterocycles. The molecule has 1 N–H and O–H groups in total. The highest BCUT2D eigenvalue weighted by atomic mass is 17.2. The quantitative estimate of drug-likeness (QED) is 0.617. The fourth-order valence-corrected chi connectivity index (χ4v) is 2.95. The number of para-hydroxylation sites is 2. The van der Waals surface area contributed by atoms with Gasteiger partial charge >= 0.3 is 0 Å². The minimum atomic E-state index is 0.162. The smallest absolute Gasteiger partial charge is 0.164 e. The van der Waals surface area contributed by atoms with E-state index in [0.717, 1.165) is 38.0 Å². The Balaban J connectivity index is 1.40. The van der Waals surface area contributed by atoms with Crippen LogP contribution in [-0.4, -0.2) is 42.9 Å². The third-order valence-electron chi connectivity index (χ3n) is 4.49. The van der Waals surface area contributed by atoms with Crippen molar-refractivity contribution in [3.05, 3.63) is 59.7 Å². The lowest BCUT2D eigenvalue weighted by atomic mass is 10.1. The van der Waals surface area contributed by atoms with Crippen molar-refractivity contribution in [2.75, 3.05) is 32.8 Å². The molecule has 0 amide bonds. The first-order chi connectivity index (χ1) is 12.2. The number of aromatic hydroxyl groups is 1. The summed E-state index contributed by atoms with van der Waals surface area (Å²) in [7, 11) is 0. The number of rotatable bonds is 7. The lowest BCUT2D eigenvalue weighted by Crippen LogP contribution is -2.46. The van der Waals surface area contributed by atoms with E-state index >= 15 is 0 Å². The molecule has 3 rings (SSSR count). The number of hydrogen-bond acceptors (Lipinski definition) is 4. The summed E-state index contributed by atoms with van der Waals surface area (Å²) in [5, 5.41) is 20.8. The molecule has 2 aromatic rings. The van der Waals surface area contributed by atoms with E-state index in [9.17, 15) is 10.4 Å². The molecular formula is C20H25NO4. The van der Waals surface area contributed by atoms with Crippen molar-refractivity contribution in [3.8, 4) is 11.5 Å². The van der Waals surface area contributed by atoms with E-state index in [-0.39, 0.29) is 5.75 Å². The van der Waals surface area contributed by atoms with Gasteiger partial charge in [0.2, 0.25) is 0 Å². The van der Waals surface area contributed by atoms with Gasteiger partial charge in [0.1, 0.15) is 6.61 Å². The Labute approximate surface area is 148 Å². The second kappa shape index (κ2) is 8.85. The van der Waals surface area contributed by atoms with Crippen molar-refractivity contribution in [2.45, 2.75) is 19.4 Å². The van der Waals surface area contributed by atoms with Crippen LogP contribution in [0.5, 0.6) is 11.5 Å². The van der Waals surface area contributed by atoms with E-state index in [1.165, 1.54) is 5.56 Å². The van der Waals surface area contributed by atoms with E-state index in [1.54, 1.807) is 18.2 Å². The Morgan fingerprint density at radius 2 is 1.68 bits per heavy atom. The second-order valence-corrected chi connectivity index (χ2v) is 6.37. The fraction of sp³-hybridized carbons (Fsp3) is 0.400. The van der Waals surface area contributed by atoms with Gasteiger partial charge in [-0.05, 0) is 42.6 Å². The summed E-state index contributed by atoms with van der Waals surface area (Å²) in [6.45, 7) is 4.26. The van der Waals surface area contributed by atoms with Crippen LogP contribution < -0.4 is 9.99 Å². The largest absolute Gasteiger partial charge is 0.534 e. The van der Waals surface area contributed by atoms with Crippen LogP contribution in [0.1, 0.15) is 17.5 Å². The van der Waals surface area contributed by atoms with Gasteiger partial charge in [-0.1, -0.05) is 36.4 Å². The topological polar surface area (TPSA) is 58.5 Å². The number of aryl methyl sites for hydroxylation is 1. The molecule has 1 heterocycles. The molecule has 2 aromatic carbocycles. The highest BCUT2D eigenvalue weighted by Gasteiger charge is 2.15. The lowest BCUT2D eigenvalue weighted by molar-refractivity contribution is -0.797. The summed E-state index contributed by atoms with van der Waals surface area (Å²) in [5.41, 5.74) is 2.39. The molecule has 25 heavy (non-hydrogen) atoms. The maximum absolute atomic E-state index is 11.1. The summed E-state index contributed by atoms with van der Waals surface area (Å²) >= 11 is 0. The van der Waals surface area contributed by atoms with Crippen molar-refractivity contribution < 1.29 is 19.6 Å². The zero-order chi connectivity index (χ0) is 17.5. The standard InChI is InChI=1S/C20H25NO4/c22-19-5-1-2-6-20(19)24-16-18-9-7-17(8-10-18)4-3-11-21-12-14-25(23)15-13-21/h1-2,5-10,22H,3-4,11-16H2. The SMILES string of the molecule is [O-][O+]1CCN(CCCc2ccc(COc3ccccc3O)cc2)CC1. The van der Waals surface area contributed by atoms with Crippen LogP contribution in [0.2, 0.25) is 0 Å². The monoisotopic (exact) mass is 343 g/mol. The van der Waals surface area contributed by atoms with E-state index in [2.05, 4.69) is 29.2 Å². The normalized spacial score (nSPS) is 16.0. The molecule has 0 spiro atoms. The number of phenols is 1. The average Bonchev–Trinajstić information content (AvgIpc) is 2.64. The van der Waals surface area contributed by atoms with Crippen LogP contribution in [0.15, 0.2) is 48.5 Å². The van der Waals surface area contributed by atoms with Gasteiger partial charge in [0.05, 0.1) is 13.1 Å². The molecule has 0 saturated carbocycles. The van der Waals surface area contributed by atoms with Crippen LogP contribution in [0, 0.1) is 0 Å². The van der Waals surface area contributed by atoms with E-state index in [0.29, 0.717) is 25.6 Å². The summed E-state index contributed by atoms with van der Waals surface area (Å²) in [5.74, 6) is 0.665. The number of phenolic OH excluding ortho intramolecular Hbond substituents is 1. The zero-order valence-electron chi connectivity index (χ0n) is 14.4. The van der Waals surface area contributed by atoms with Crippen molar-refractivity contribution in [1.29, 1.82) is 0 Å². The van der Waals surface area contributed by atoms with Crippen molar-refractivity contribution in [2.24, 2.45) is 0 Å². The molecule has 0 radical (unpaired) electrons. The van der Waals surface area contributed by atoms with E-state index in [4.69, 9.17) is 4.74 Å². The predicted molar refractivity (Wildman–Crippen MR) is 94.5 cm³/mol. The van der Waals surface area contributed by atoms with Crippen LogP contribution in [-0.2, 0) is 17.5 Å². The van der Waals surface area contributed by atoms with Gasteiger partial charge in [0.15, 0.2) is 24.7 Å². The van der Waals surface area contributed by atoms with E-state index in [1.807, 2.05) is 10.6 Å². The molecular weight excluding hydrogens is 318 g/mol. The molecule has 0 aliphatic carbocycles. The first kappa shape index (κ1) is 17.7. The van der Waals surface area contributed by atoms with Gasteiger partial charge in [-0.3, -0.25) is 4.90 Å². The molecule has 1 aliphatic rings.